The van der Waals surface area contributed by atoms with Crippen LogP contribution in [-0.4, -0.2) is 64.5 Å². The maximum absolute atomic E-state index is 11.7. The summed E-state index contributed by atoms with van der Waals surface area (Å²) in [7, 11) is 0. The van der Waals surface area contributed by atoms with Crippen LogP contribution in [0.1, 0.15) is 39.5 Å². The van der Waals surface area contributed by atoms with Crippen molar-refractivity contribution in [2.45, 2.75) is 57.4 Å². The first-order chi connectivity index (χ1) is 14.0. The molecule has 2 N–H and O–H groups in total. The summed E-state index contributed by atoms with van der Waals surface area (Å²) in [5.74, 6) is -1.86. The van der Waals surface area contributed by atoms with E-state index < -0.39 is 12.1 Å². The second-order valence-corrected chi connectivity index (χ2v) is 7.74. The first kappa shape index (κ1) is 23.8. The van der Waals surface area contributed by atoms with Crippen LogP contribution < -0.4 is 10.2 Å². The standard InChI is InChI=1S/C17H26N4O2.C2HF3O2/c1-13(2)15(22)20-11-14-5-3-6-17(23-14)7-10-21(12-17)16-18-8-4-9-19-16;3-2(4,5)1(6)7/h4,8-9,13-14H,3,5-7,10-12H2,1-2H3,(H,20,22);(H,6,7)/t14-,17+;/m0./s1. The van der Waals surface area contributed by atoms with Gasteiger partial charge in [-0.05, 0) is 31.7 Å². The van der Waals surface area contributed by atoms with Crippen LogP contribution in [0.2, 0.25) is 0 Å². The largest absolute Gasteiger partial charge is 0.490 e. The van der Waals surface area contributed by atoms with E-state index in [0.717, 1.165) is 44.7 Å². The number of carboxylic acid groups (broad SMARTS) is 1. The molecule has 2 fully saturated rings. The molecule has 30 heavy (non-hydrogen) atoms. The summed E-state index contributed by atoms with van der Waals surface area (Å²) in [6, 6.07) is 1.83. The van der Waals surface area contributed by atoms with E-state index in [2.05, 4.69) is 20.2 Å². The normalized spacial score (nSPS) is 23.8. The number of nitrogens with one attached hydrogen (secondary N) is 1. The molecule has 3 heterocycles. The summed E-state index contributed by atoms with van der Waals surface area (Å²) in [5, 5.41) is 10.1. The molecule has 1 aromatic heterocycles. The molecule has 0 bridgehead atoms. The molecule has 2 aliphatic heterocycles. The summed E-state index contributed by atoms with van der Waals surface area (Å²) in [6.07, 6.45) is 2.82. The number of rotatable bonds is 4. The van der Waals surface area contributed by atoms with Crippen LogP contribution in [0.4, 0.5) is 19.1 Å². The smallest absolute Gasteiger partial charge is 0.475 e. The van der Waals surface area contributed by atoms with Crippen LogP contribution in [-0.2, 0) is 14.3 Å². The fourth-order valence-corrected chi connectivity index (χ4v) is 3.46. The molecule has 168 valence electrons. The van der Waals surface area contributed by atoms with Crippen molar-refractivity contribution in [3.63, 3.8) is 0 Å². The maximum atomic E-state index is 11.7. The number of halogens is 3. The number of aromatic nitrogens is 2. The number of carbonyl (C=O) groups is 2. The fraction of sp³-hybridized carbons (Fsp3) is 0.684. The van der Waals surface area contributed by atoms with Gasteiger partial charge in [0, 0.05) is 37.9 Å². The number of aliphatic carboxylic acids is 1. The van der Waals surface area contributed by atoms with Gasteiger partial charge in [-0.15, -0.1) is 0 Å². The van der Waals surface area contributed by atoms with Gasteiger partial charge >= 0.3 is 12.1 Å². The minimum Gasteiger partial charge on any atom is -0.475 e. The average Bonchev–Trinajstić information content (AvgIpc) is 3.09. The summed E-state index contributed by atoms with van der Waals surface area (Å²) >= 11 is 0. The third-order valence-corrected chi connectivity index (χ3v) is 5.00. The highest BCUT2D eigenvalue weighted by molar-refractivity contribution is 5.77. The fourth-order valence-electron chi connectivity index (χ4n) is 3.46. The Morgan fingerprint density at radius 3 is 2.53 bits per heavy atom. The van der Waals surface area contributed by atoms with E-state index in [1.54, 1.807) is 12.4 Å². The molecule has 11 heteroatoms. The van der Waals surface area contributed by atoms with Crippen molar-refractivity contribution in [3.05, 3.63) is 18.5 Å². The Balaban J connectivity index is 0.000000396. The molecule has 8 nitrogen and oxygen atoms in total. The van der Waals surface area contributed by atoms with Crippen LogP contribution in [0.3, 0.4) is 0 Å². The molecular formula is C19H27F3N4O4. The van der Waals surface area contributed by atoms with Gasteiger partial charge in [-0.3, -0.25) is 4.79 Å². The van der Waals surface area contributed by atoms with Crippen LogP contribution in [0.5, 0.6) is 0 Å². The molecule has 1 amide bonds. The first-order valence-electron chi connectivity index (χ1n) is 9.80. The van der Waals surface area contributed by atoms with E-state index in [0.29, 0.717) is 6.54 Å². The molecule has 0 aliphatic carbocycles. The minimum absolute atomic E-state index is 0.0183. The Morgan fingerprint density at radius 1 is 1.33 bits per heavy atom. The van der Waals surface area contributed by atoms with Gasteiger partial charge in [-0.2, -0.15) is 13.2 Å². The van der Waals surface area contributed by atoms with Crippen molar-refractivity contribution >= 4 is 17.8 Å². The third-order valence-electron chi connectivity index (χ3n) is 5.00. The van der Waals surface area contributed by atoms with Gasteiger partial charge < -0.3 is 20.1 Å². The maximum Gasteiger partial charge on any atom is 0.490 e. The van der Waals surface area contributed by atoms with E-state index in [4.69, 9.17) is 14.6 Å². The number of hydrogen-bond acceptors (Lipinski definition) is 6. The molecule has 3 rings (SSSR count). The second-order valence-electron chi connectivity index (χ2n) is 7.74. The van der Waals surface area contributed by atoms with Gasteiger partial charge in [0.25, 0.3) is 0 Å². The quantitative estimate of drug-likeness (QED) is 0.753. The van der Waals surface area contributed by atoms with Gasteiger partial charge in [0.15, 0.2) is 0 Å². The molecule has 2 saturated heterocycles. The van der Waals surface area contributed by atoms with Gasteiger partial charge in [0.05, 0.1) is 11.7 Å². The summed E-state index contributed by atoms with van der Waals surface area (Å²) in [4.78, 5) is 31.5. The Morgan fingerprint density at radius 2 is 1.97 bits per heavy atom. The number of alkyl halides is 3. The Labute approximate surface area is 172 Å². The minimum atomic E-state index is -5.08. The highest BCUT2D eigenvalue weighted by atomic mass is 19.4. The van der Waals surface area contributed by atoms with E-state index >= 15 is 0 Å². The topological polar surface area (TPSA) is 105 Å². The van der Waals surface area contributed by atoms with Crippen molar-refractivity contribution < 1.29 is 32.6 Å². The average molecular weight is 432 g/mol. The monoisotopic (exact) mass is 432 g/mol. The molecule has 0 unspecified atom stereocenters. The number of nitrogens with zero attached hydrogens (tertiary/aromatic N) is 3. The predicted molar refractivity (Wildman–Crippen MR) is 102 cm³/mol. The van der Waals surface area contributed by atoms with Gasteiger partial charge in [0.2, 0.25) is 11.9 Å². The van der Waals surface area contributed by atoms with Gasteiger partial charge in [-0.25, -0.2) is 14.8 Å². The lowest BCUT2D eigenvalue weighted by atomic mass is 9.90. The number of amides is 1. The van der Waals surface area contributed by atoms with Crippen molar-refractivity contribution in [3.8, 4) is 0 Å². The lowest BCUT2D eigenvalue weighted by molar-refractivity contribution is -0.192. The number of hydrogen-bond donors (Lipinski definition) is 2. The Kier molecular flexibility index (Phi) is 7.99. The predicted octanol–water partition coefficient (Wildman–Crippen LogP) is 2.40. The van der Waals surface area contributed by atoms with Crippen LogP contribution in [0.25, 0.3) is 0 Å². The number of carbonyl (C=O) groups excluding carboxylic acids is 1. The van der Waals surface area contributed by atoms with Gasteiger partial charge in [0.1, 0.15) is 0 Å². The molecule has 0 aromatic carbocycles. The molecule has 2 atom stereocenters. The van der Waals surface area contributed by atoms with Crippen LogP contribution >= 0.6 is 0 Å². The molecular weight excluding hydrogens is 405 g/mol. The highest BCUT2D eigenvalue weighted by Gasteiger charge is 2.43. The molecule has 0 radical (unpaired) electrons. The van der Waals surface area contributed by atoms with Crippen molar-refractivity contribution in [1.29, 1.82) is 0 Å². The Hall–Kier alpha value is -2.43. The SMILES string of the molecule is CC(C)C(=O)NC[C@@H]1CCC[C@]2(CCN(c3ncccn3)C2)O1.O=C(O)C(F)(F)F. The molecule has 1 aromatic rings. The van der Waals surface area contributed by atoms with Crippen LogP contribution in [0, 0.1) is 5.92 Å². The van der Waals surface area contributed by atoms with E-state index in [-0.39, 0.29) is 23.5 Å². The highest BCUT2D eigenvalue weighted by Crippen LogP contribution is 2.37. The molecule has 1 spiro atoms. The Bertz CT molecular complexity index is 717. The zero-order valence-electron chi connectivity index (χ0n) is 17.0. The summed E-state index contributed by atoms with van der Waals surface area (Å²) in [5.41, 5.74) is -0.106. The van der Waals surface area contributed by atoms with E-state index in [1.165, 1.54) is 0 Å². The number of carboxylic acids is 1. The summed E-state index contributed by atoms with van der Waals surface area (Å²) < 4.78 is 38.1. The van der Waals surface area contributed by atoms with Crippen molar-refractivity contribution in [1.82, 2.24) is 15.3 Å². The number of ether oxygens (including phenoxy) is 1. The molecule has 2 aliphatic rings. The van der Waals surface area contributed by atoms with Crippen molar-refractivity contribution in [2.75, 3.05) is 24.5 Å². The zero-order chi connectivity index (χ0) is 22.4. The van der Waals surface area contributed by atoms with E-state index in [1.807, 2.05) is 19.9 Å². The lowest BCUT2D eigenvalue weighted by Crippen LogP contribution is -2.47. The second kappa shape index (κ2) is 10.1. The van der Waals surface area contributed by atoms with Crippen LogP contribution in [0.15, 0.2) is 18.5 Å². The number of anilines is 1. The van der Waals surface area contributed by atoms with Gasteiger partial charge in [-0.1, -0.05) is 13.8 Å². The first-order valence-corrected chi connectivity index (χ1v) is 9.80. The summed E-state index contributed by atoms with van der Waals surface area (Å²) in [6.45, 7) is 6.20. The van der Waals surface area contributed by atoms with E-state index in [9.17, 15) is 18.0 Å². The molecule has 0 saturated carbocycles. The lowest BCUT2D eigenvalue weighted by Gasteiger charge is -2.38. The zero-order valence-corrected chi connectivity index (χ0v) is 17.0. The van der Waals surface area contributed by atoms with Crippen molar-refractivity contribution in [2.24, 2.45) is 5.92 Å². The third kappa shape index (κ3) is 6.82.